The average molecular weight is 350 g/mol. The zero-order valence-electron chi connectivity index (χ0n) is 12.1. The van der Waals surface area contributed by atoms with Gasteiger partial charge >= 0.3 is 0 Å². The number of halogens is 1. The van der Waals surface area contributed by atoms with Gasteiger partial charge in [0.05, 0.1) is 18.4 Å². The highest BCUT2D eigenvalue weighted by Crippen LogP contribution is 2.26. The highest BCUT2D eigenvalue weighted by molar-refractivity contribution is 9.10. The van der Waals surface area contributed by atoms with Crippen molar-refractivity contribution in [3.63, 3.8) is 0 Å². The zero-order valence-corrected chi connectivity index (χ0v) is 13.6. The molecule has 0 aliphatic heterocycles. The number of nitrogens with zero attached hydrogens (tertiary/aromatic N) is 2. The second-order valence-electron chi connectivity index (χ2n) is 4.57. The molecule has 0 atom stereocenters. The van der Waals surface area contributed by atoms with E-state index in [1.165, 1.54) is 7.11 Å². The predicted octanol–water partition coefficient (Wildman–Crippen LogP) is 3.17. The molecule has 21 heavy (non-hydrogen) atoms. The Morgan fingerprint density at radius 1 is 1.33 bits per heavy atom. The minimum absolute atomic E-state index is 0.240. The first-order chi connectivity index (χ1) is 10.0. The van der Waals surface area contributed by atoms with Crippen LogP contribution in [-0.2, 0) is 0 Å². The highest BCUT2D eigenvalue weighted by atomic mass is 79.9. The third-order valence-electron chi connectivity index (χ3n) is 2.87. The number of hydrogen-bond donors (Lipinski definition) is 1. The SMILES string of the molecule is COc1cc(Br)ccc1C(=O)Nc1cccnc1N(C)C. The van der Waals surface area contributed by atoms with Crippen molar-refractivity contribution in [2.24, 2.45) is 0 Å². The van der Waals surface area contributed by atoms with Crippen molar-refractivity contribution in [2.45, 2.75) is 0 Å². The molecule has 0 fully saturated rings. The van der Waals surface area contributed by atoms with Gasteiger partial charge in [0.1, 0.15) is 5.75 Å². The molecule has 1 amide bonds. The Labute approximate surface area is 132 Å². The van der Waals surface area contributed by atoms with Crippen molar-refractivity contribution in [3.8, 4) is 5.75 Å². The number of carbonyl (C=O) groups excluding carboxylic acids is 1. The van der Waals surface area contributed by atoms with Crippen LogP contribution in [0.3, 0.4) is 0 Å². The molecule has 1 aromatic carbocycles. The number of nitrogens with one attached hydrogen (secondary N) is 1. The first-order valence-electron chi connectivity index (χ1n) is 6.30. The third kappa shape index (κ3) is 3.52. The van der Waals surface area contributed by atoms with Crippen molar-refractivity contribution >= 4 is 33.3 Å². The predicted molar refractivity (Wildman–Crippen MR) is 87.2 cm³/mol. The Kier molecular flexibility index (Phi) is 4.80. The van der Waals surface area contributed by atoms with Crippen LogP contribution in [0.5, 0.6) is 5.75 Å². The lowest BCUT2D eigenvalue weighted by atomic mass is 10.2. The van der Waals surface area contributed by atoms with Crippen molar-refractivity contribution in [1.29, 1.82) is 0 Å². The number of methoxy groups -OCH3 is 1. The van der Waals surface area contributed by atoms with Gasteiger partial charge in [-0.2, -0.15) is 0 Å². The van der Waals surface area contributed by atoms with Crippen molar-refractivity contribution in [2.75, 3.05) is 31.4 Å². The summed E-state index contributed by atoms with van der Waals surface area (Å²) in [7, 11) is 5.28. The molecule has 1 heterocycles. The molecule has 1 aromatic heterocycles. The molecule has 0 bridgehead atoms. The Morgan fingerprint density at radius 3 is 2.76 bits per heavy atom. The lowest BCUT2D eigenvalue weighted by Gasteiger charge is -2.16. The van der Waals surface area contributed by atoms with E-state index in [4.69, 9.17) is 4.74 Å². The second-order valence-corrected chi connectivity index (χ2v) is 5.48. The molecule has 0 radical (unpaired) electrons. The summed E-state index contributed by atoms with van der Waals surface area (Å²) in [6, 6.07) is 8.86. The van der Waals surface area contributed by atoms with Crippen molar-refractivity contribution in [1.82, 2.24) is 4.98 Å². The van der Waals surface area contributed by atoms with Gasteiger partial charge in [-0.15, -0.1) is 0 Å². The lowest BCUT2D eigenvalue weighted by Crippen LogP contribution is -2.18. The number of benzene rings is 1. The summed E-state index contributed by atoms with van der Waals surface area (Å²) in [5.41, 5.74) is 1.12. The van der Waals surface area contributed by atoms with Gasteiger partial charge in [-0.1, -0.05) is 15.9 Å². The summed E-state index contributed by atoms with van der Waals surface area (Å²) >= 11 is 3.36. The van der Waals surface area contributed by atoms with E-state index in [-0.39, 0.29) is 5.91 Å². The highest BCUT2D eigenvalue weighted by Gasteiger charge is 2.15. The monoisotopic (exact) mass is 349 g/mol. The van der Waals surface area contributed by atoms with Crippen LogP contribution in [0.15, 0.2) is 41.0 Å². The van der Waals surface area contributed by atoms with E-state index < -0.39 is 0 Å². The quantitative estimate of drug-likeness (QED) is 0.920. The van der Waals surface area contributed by atoms with Gasteiger partial charge in [0.25, 0.3) is 5.91 Å². The van der Waals surface area contributed by atoms with Crippen LogP contribution >= 0.6 is 15.9 Å². The Hall–Kier alpha value is -2.08. The van der Waals surface area contributed by atoms with E-state index in [0.29, 0.717) is 22.8 Å². The van der Waals surface area contributed by atoms with E-state index in [9.17, 15) is 4.79 Å². The normalized spacial score (nSPS) is 10.1. The number of carbonyl (C=O) groups is 1. The maximum absolute atomic E-state index is 12.4. The largest absolute Gasteiger partial charge is 0.496 e. The van der Waals surface area contributed by atoms with Gasteiger partial charge in [-0.05, 0) is 30.3 Å². The first kappa shape index (κ1) is 15.3. The van der Waals surface area contributed by atoms with E-state index in [0.717, 1.165) is 4.47 Å². The summed E-state index contributed by atoms with van der Waals surface area (Å²) in [6.07, 6.45) is 1.69. The lowest BCUT2D eigenvalue weighted by molar-refractivity contribution is 0.102. The number of anilines is 2. The molecule has 0 saturated carbocycles. The van der Waals surface area contributed by atoms with Gasteiger partial charge in [0.15, 0.2) is 5.82 Å². The van der Waals surface area contributed by atoms with E-state index in [1.54, 1.807) is 30.5 Å². The van der Waals surface area contributed by atoms with Gasteiger partial charge in [-0.25, -0.2) is 4.98 Å². The number of amides is 1. The Morgan fingerprint density at radius 2 is 2.10 bits per heavy atom. The standard InChI is InChI=1S/C15H16BrN3O2/c1-19(2)14-12(5-4-8-17-14)18-15(20)11-7-6-10(16)9-13(11)21-3/h4-9H,1-3H3,(H,18,20). The fourth-order valence-corrected chi connectivity index (χ4v) is 2.23. The van der Waals surface area contributed by atoms with Gasteiger partial charge in [0, 0.05) is 24.8 Å². The van der Waals surface area contributed by atoms with Crippen LogP contribution in [0.1, 0.15) is 10.4 Å². The number of rotatable bonds is 4. The molecule has 6 heteroatoms. The van der Waals surface area contributed by atoms with Crippen molar-refractivity contribution in [3.05, 3.63) is 46.6 Å². The number of hydrogen-bond acceptors (Lipinski definition) is 4. The summed E-state index contributed by atoms with van der Waals surface area (Å²) in [6.45, 7) is 0. The number of ether oxygens (including phenoxy) is 1. The third-order valence-corrected chi connectivity index (χ3v) is 3.36. The molecule has 0 saturated heterocycles. The summed E-state index contributed by atoms with van der Waals surface area (Å²) < 4.78 is 6.10. The van der Waals surface area contributed by atoms with Crippen LogP contribution in [0.4, 0.5) is 11.5 Å². The molecule has 0 aliphatic carbocycles. The molecule has 0 aliphatic rings. The molecule has 0 unspecified atom stereocenters. The maximum Gasteiger partial charge on any atom is 0.259 e. The molecule has 2 rings (SSSR count). The topological polar surface area (TPSA) is 54.5 Å². The minimum Gasteiger partial charge on any atom is -0.496 e. The van der Waals surface area contributed by atoms with Crippen LogP contribution in [0.25, 0.3) is 0 Å². The molecule has 110 valence electrons. The van der Waals surface area contributed by atoms with Crippen LogP contribution in [0.2, 0.25) is 0 Å². The van der Waals surface area contributed by atoms with Crippen molar-refractivity contribution < 1.29 is 9.53 Å². The van der Waals surface area contributed by atoms with Gasteiger partial charge in [-0.3, -0.25) is 4.79 Å². The molecule has 5 nitrogen and oxygen atoms in total. The minimum atomic E-state index is -0.240. The molecule has 1 N–H and O–H groups in total. The molecular weight excluding hydrogens is 334 g/mol. The average Bonchev–Trinajstić information content (AvgIpc) is 2.47. The van der Waals surface area contributed by atoms with E-state index in [1.807, 2.05) is 25.1 Å². The van der Waals surface area contributed by atoms with Crippen LogP contribution < -0.4 is 15.0 Å². The Balaban J connectivity index is 2.31. The van der Waals surface area contributed by atoms with E-state index >= 15 is 0 Å². The fraction of sp³-hybridized carbons (Fsp3) is 0.200. The summed E-state index contributed by atoms with van der Waals surface area (Å²) in [5.74, 6) is 0.967. The Bertz CT molecular complexity index is 659. The number of aromatic nitrogens is 1. The molecule has 0 spiro atoms. The van der Waals surface area contributed by atoms with Crippen LogP contribution in [-0.4, -0.2) is 32.1 Å². The summed E-state index contributed by atoms with van der Waals surface area (Å²) in [5, 5.41) is 2.86. The summed E-state index contributed by atoms with van der Waals surface area (Å²) in [4.78, 5) is 18.5. The fourth-order valence-electron chi connectivity index (χ4n) is 1.89. The van der Waals surface area contributed by atoms with Gasteiger partial charge in [0.2, 0.25) is 0 Å². The maximum atomic E-state index is 12.4. The smallest absolute Gasteiger partial charge is 0.259 e. The zero-order chi connectivity index (χ0) is 15.4. The first-order valence-corrected chi connectivity index (χ1v) is 7.09. The van der Waals surface area contributed by atoms with Crippen LogP contribution in [0, 0.1) is 0 Å². The van der Waals surface area contributed by atoms with E-state index in [2.05, 4.69) is 26.2 Å². The molecular formula is C15H16BrN3O2. The molecule has 2 aromatic rings. The number of pyridine rings is 1. The second kappa shape index (κ2) is 6.58. The van der Waals surface area contributed by atoms with Gasteiger partial charge < -0.3 is 15.0 Å².